The van der Waals surface area contributed by atoms with Crippen LogP contribution >= 0.6 is 0 Å². The third-order valence-electron chi connectivity index (χ3n) is 4.95. The molecular weight excluding hydrogens is 286 g/mol. The molecule has 0 bridgehead atoms. The molecule has 1 heterocycles. The van der Waals surface area contributed by atoms with Crippen LogP contribution in [-0.4, -0.2) is 44.5 Å². The highest BCUT2D eigenvalue weighted by Gasteiger charge is 2.20. The molecule has 1 N–H and O–H groups in total. The largest absolute Gasteiger partial charge is 0.377 e. The number of carbonyl (C=O) groups excluding carboxylic acids is 1. The van der Waals surface area contributed by atoms with E-state index in [1.165, 1.54) is 17.7 Å². The fraction of sp³-hybridized carbons (Fsp3) is 0.632. The van der Waals surface area contributed by atoms with Gasteiger partial charge in [-0.05, 0) is 50.3 Å². The molecule has 1 amide bonds. The highest BCUT2D eigenvalue weighted by molar-refractivity contribution is 5.73. The second-order valence-corrected chi connectivity index (χ2v) is 6.87. The Labute approximate surface area is 140 Å². The molecule has 0 spiro atoms. The molecule has 1 aliphatic rings. The quantitative estimate of drug-likeness (QED) is 0.876. The van der Waals surface area contributed by atoms with Gasteiger partial charge in [-0.15, -0.1) is 0 Å². The monoisotopic (exact) mass is 317 g/mol. The zero-order valence-corrected chi connectivity index (χ0v) is 15.0. The molecule has 1 fully saturated rings. The summed E-state index contributed by atoms with van der Waals surface area (Å²) in [6.07, 6.45) is 3.48. The molecule has 2 rings (SSSR count). The molecule has 1 aromatic carbocycles. The molecular formula is C19H31N3O. The molecule has 1 saturated heterocycles. The standard InChI is InChI=1S/C19H31N3O/c1-15(18-7-5-6-8-19(18)21(3)4)20-12-9-17-10-13-22(14-11-17)16(2)23/h5-8,15,17,20H,9-14H2,1-4H3/t15-/m0/s1. The molecule has 0 saturated carbocycles. The van der Waals surface area contributed by atoms with E-state index in [4.69, 9.17) is 0 Å². The van der Waals surface area contributed by atoms with E-state index in [1.54, 1.807) is 6.92 Å². The number of nitrogens with zero attached hydrogens (tertiary/aromatic N) is 2. The van der Waals surface area contributed by atoms with Gasteiger partial charge in [-0.25, -0.2) is 0 Å². The molecule has 1 aromatic rings. The Morgan fingerprint density at radius 2 is 1.96 bits per heavy atom. The van der Waals surface area contributed by atoms with Gasteiger partial charge in [0.25, 0.3) is 0 Å². The van der Waals surface area contributed by atoms with Crippen LogP contribution in [-0.2, 0) is 4.79 Å². The van der Waals surface area contributed by atoms with E-state index in [2.05, 4.69) is 55.5 Å². The molecule has 23 heavy (non-hydrogen) atoms. The Bertz CT molecular complexity index is 507. The van der Waals surface area contributed by atoms with Crippen LogP contribution in [0.1, 0.15) is 44.7 Å². The number of hydrogen-bond acceptors (Lipinski definition) is 3. The number of amides is 1. The minimum atomic E-state index is 0.218. The topological polar surface area (TPSA) is 35.6 Å². The van der Waals surface area contributed by atoms with E-state index in [9.17, 15) is 4.79 Å². The van der Waals surface area contributed by atoms with Gasteiger partial charge in [-0.2, -0.15) is 0 Å². The average Bonchev–Trinajstić information content (AvgIpc) is 2.55. The van der Waals surface area contributed by atoms with Gasteiger partial charge < -0.3 is 15.1 Å². The first kappa shape index (κ1) is 17.8. The van der Waals surface area contributed by atoms with Crippen molar-refractivity contribution in [2.24, 2.45) is 5.92 Å². The first-order valence-electron chi connectivity index (χ1n) is 8.74. The van der Waals surface area contributed by atoms with Crippen molar-refractivity contribution in [3.63, 3.8) is 0 Å². The number of likely N-dealkylation sites (tertiary alicyclic amines) is 1. The number of rotatable bonds is 6. The summed E-state index contributed by atoms with van der Waals surface area (Å²) < 4.78 is 0. The first-order chi connectivity index (χ1) is 11.0. The smallest absolute Gasteiger partial charge is 0.219 e. The predicted molar refractivity (Wildman–Crippen MR) is 96.8 cm³/mol. The minimum Gasteiger partial charge on any atom is -0.377 e. The fourth-order valence-corrected chi connectivity index (χ4v) is 3.41. The van der Waals surface area contributed by atoms with Gasteiger partial charge in [-0.1, -0.05) is 18.2 Å². The SMILES string of the molecule is CC(=O)N1CCC(CCN[C@@H](C)c2ccccc2N(C)C)CC1. The molecule has 1 aliphatic heterocycles. The summed E-state index contributed by atoms with van der Waals surface area (Å²) in [5.74, 6) is 0.963. The lowest BCUT2D eigenvalue weighted by atomic mass is 9.93. The van der Waals surface area contributed by atoms with Crippen molar-refractivity contribution in [2.75, 3.05) is 38.6 Å². The van der Waals surface area contributed by atoms with Gasteiger partial charge >= 0.3 is 0 Å². The van der Waals surface area contributed by atoms with Gasteiger partial charge in [0, 0.05) is 45.8 Å². The maximum Gasteiger partial charge on any atom is 0.219 e. The number of anilines is 1. The van der Waals surface area contributed by atoms with Crippen LogP contribution < -0.4 is 10.2 Å². The summed E-state index contributed by atoms with van der Waals surface area (Å²) in [6, 6.07) is 8.93. The van der Waals surface area contributed by atoms with Crippen LogP contribution in [0.4, 0.5) is 5.69 Å². The molecule has 4 heteroatoms. The number of nitrogens with one attached hydrogen (secondary N) is 1. The summed E-state index contributed by atoms with van der Waals surface area (Å²) in [5, 5.41) is 3.67. The normalized spacial score (nSPS) is 17.1. The lowest BCUT2D eigenvalue weighted by Crippen LogP contribution is -2.37. The Balaban J connectivity index is 1.78. The van der Waals surface area contributed by atoms with E-state index in [0.29, 0.717) is 6.04 Å². The number of para-hydroxylation sites is 1. The maximum atomic E-state index is 11.4. The van der Waals surface area contributed by atoms with E-state index >= 15 is 0 Å². The molecule has 0 radical (unpaired) electrons. The molecule has 128 valence electrons. The van der Waals surface area contributed by atoms with E-state index in [-0.39, 0.29) is 5.91 Å². The second-order valence-electron chi connectivity index (χ2n) is 6.87. The zero-order chi connectivity index (χ0) is 16.8. The highest BCUT2D eigenvalue weighted by Crippen LogP contribution is 2.25. The van der Waals surface area contributed by atoms with Crippen molar-refractivity contribution >= 4 is 11.6 Å². The molecule has 0 aromatic heterocycles. The van der Waals surface area contributed by atoms with Gasteiger partial charge in [0.1, 0.15) is 0 Å². The van der Waals surface area contributed by atoms with Crippen LogP contribution in [0, 0.1) is 5.92 Å². The zero-order valence-electron chi connectivity index (χ0n) is 15.0. The van der Waals surface area contributed by atoms with Gasteiger partial charge in [0.05, 0.1) is 0 Å². The van der Waals surface area contributed by atoms with Crippen LogP contribution in [0.5, 0.6) is 0 Å². The molecule has 1 atom stereocenters. The minimum absolute atomic E-state index is 0.218. The van der Waals surface area contributed by atoms with Gasteiger partial charge in [0.2, 0.25) is 5.91 Å². The highest BCUT2D eigenvalue weighted by atomic mass is 16.2. The van der Waals surface area contributed by atoms with Gasteiger partial charge in [-0.3, -0.25) is 4.79 Å². The van der Waals surface area contributed by atoms with Crippen molar-refractivity contribution in [3.8, 4) is 0 Å². The van der Waals surface area contributed by atoms with Crippen molar-refractivity contribution in [1.82, 2.24) is 10.2 Å². The summed E-state index contributed by atoms with van der Waals surface area (Å²) in [5.41, 5.74) is 2.63. The Morgan fingerprint density at radius 1 is 1.30 bits per heavy atom. The Morgan fingerprint density at radius 3 is 2.57 bits per heavy atom. The van der Waals surface area contributed by atoms with Crippen molar-refractivity contribution in [2.45, 2.75) is 39.2 Å². The molecule has 0 aliphatic carbocycles. The lowest BCUT2D eigenvalue weighted by molar-refractivity contribution is -0.130. The van der Waals surface area contributed by atoms with Gasteiger partial charge in [0.15, 0.2) is 0 Å². The fourth-order valence-electron chi connectivity index (χ4n) is 3.41. The van der Waals surface area contributed by atoms with E-state index in [1.807, 2.05) is 4.90 Å². The number of benzene rings is 1. The number of hydrogen-bond donors (Lipinski definition) is 1. The summed E-state index contributed by atoms with van der Waals surface area (Å²) in [6.45, 7) is 6.80. The number of carbonyl (C=O) groups is 1. The summed E-state index contributed by atoms with van der Waals surface area (Å²) >= 11 is 0. The van der Waals surface area contributed by atoms with Crippen LogP contribution in [0.3, 0.4) is 0 Å². The predicted octanol–water partition coefficient (Wildman–Crippen LogP) is 3.05. The van der Waals surface area contributed by atoms with Crippen LogP contribution in [0.2, 0.25) is 0 Å². The molecule has 4 nitrogen and oxygen atoms in total. The van der Waals surface area contributed by atoms with Crippen molar-refractivity contribution < 1.29 is 4.79 Å². The summed E-state index contributed by atoms with van der Waals surface area (Å²) in [7, 11) is 4.18. The van der Waals surface area contributed by atoms with Crippen molar-refractivity contribution in [3.05, 3.63) is 29.8 Å². The maximum absolute atomic E-state index is 11.4. The third kappa shape index (κ3) is 4.96. The second kappa shape index (κ2) is 8.34. The van der Waals surface area contributed by atoms with Crippen LogP contribution in [0.25, 0.3) is 0 Å². The third-order valence-corrected chi connectivity index (χ3v) is 4.95. The lowest BCUT2D eigenvalue weighted by Gasteiger charge is -2.31. The number of piperidine rings is 1. The van der Waals surface area contributed by atoms with E-state index in [0.717, 1.165) is 38.4 Å². The Hall–Kier alpha value is -1.55. The molecule has 0 unspecified atom stereocenters. The van der Waals surface area contributed by atoms with E-state index < -0.39 is 0 Å². The average molecular weight is 317 g/mol. The summed E-state index contributed by atoms with van der Waals surface area (Å²) in [4.78, 5) is 15.5. The first-order valence-corrected chi connectivity index (χ1v) is 8.74. The van der Waals surface area contributed by atoms with Crippen LogP contribution in [0.15, 0.2) is 24.3 Å². The Kier molecular flexibility index (Phi) is 6.46. The van der Waals surface area contributed by atoms with Crippen molar-refractivity contribution in [1.29, 1.82) is 0 Å².